The van der Waals surface area contributed by atoms with E-state index in [1.807, 2.05) is 61.5 Å². The molecule has 0 aromatic heterocycles. The van der Waals surface area contributed by atoms with Crippen LogP contribution >= 0.6 is 11.8 Å². The first-order chi connectivity index (χ1) is 17.0. The van der Waals surface area contributed by atoms with E-state index in [1.54, 1.807) is 4.90 Å². The van der Waals surface area contributed by atoms with Crippen LogP contribution in [-0.4, -0.2) is 39.0 Å². The number of aliphatic imine (C=N–C) groups is 2. The molecule has 0 unspecified atom stereocenters. The standard InChI is InChI=1S/C27H23FN4O2S/c1-2-23(25(33)29-19-14-12-18(28)13-15-19)35-27-31-21-11-7-6-10-20(21)24-30-22(26(34)32(24)27)16-17-8-4-3-5-9-17/h3-15,22-23H,2,16H2,1H3,(H,29,33)/t22-,23+/m1/s1. The molecule has 5 rings (SSSR count). The third-order valence-electron chi connectivity index (χ3n) is 5.84. The van der Waals surface area contributed by atoms with Crippen molar-refractivity contribution in [2.24, 2.45) is 9.98 Å². The summed E-state index contributed by atoms with van der Waals surface area (Å²) in [7, 11) is 0. The zero-order valence-electron chi connectivity index (χ0n) is 19.0. The summed E-state index contributed by atoms with van der Waals surface area (Å²) in [6.07, 6.45) is 1.00. The van der Waals surface area contributed by atoms with Crippen LogP contribution in [0.15, 0.2) is 88.8 Å². The van der Waals surface area contributed by atoms with E-state index in [0.29, 0.717) is 35.2 Å². The van der Waals surface area contributed by atoms with Gasteiger partial charge in [0.25, 0.3) is 5.91 Å². The van der Waals surface area contributed by atoms with Gasteiger partial charge in [-0.15, -0.1) is 0 Å². The Morgan fingerprint density at radius 1 is 1.06 bits per heavy atom. The van der Waals surface area contributed by atoms with Crippen LogP contribution in [0, 0.1) is 5.82 Å². The number of nitrogens with zero attached hydrogens (tertiary/aromatic N) is 3. The number of thioether (sulfide) groups is 1. The van der Waals surface area contributed by atoms with Gasteiger partial charge in [-0.2, -0.15) is 0 Å². The van der Waals surface area contributed by atoms with Crippen molar-refractivity contribution in [2.75, 3.05) is 5.32 Å². The van der Waals surface area contributed by atoms with E-state index in [2.05, 4.69) is 5.32 Å². The SMILES string of the molecule is CC[C@H](SC1=Nc2ccccc2C2=N[C@H](Cc3ccccc3)C(=O)N12)C(=O)Nc1ccc(F)cc1. The minimum atomic E-state index is -0.558. The van der Waals surface area contributed by atoms with E-state index in [1.165, 1.54) is 36.0 Å². The van der Waals surface area contributed by atoms with E-state index in [-0.39, 0.29) is 17.6 Å². The van der Waals surface area contributed by atoms with Crippen LogP contribution in [0.25, 0.3) is 0 Å². The normalized spacial score (nSPS) is 17.3. The van der Waals surface area contributed by atoms with Gasteiger partial charge in [0.05, 0.1) is 10.9 Å². The van der Waals surface area contributed by atoms with Crippen molar-refractivity contribution in [1.82, 2.24) is 4.90 Å². The molecule has 2 atom stereocenters. The van der Waals surface area contributed by atoms with E-state index in [9.17, 15) is 14.0 Å². The number of amidine groups is 2. The third-order valence-corrected chi connectivity index (χ3v) is 7.16. The summed E-state index contributed by atoms with van der Waals surface area (Å²) >= 11 is 1.24. The van der Waals surface area contributed by atoms with Crippen LogP contribution in [0.1, 0.15) is 24.5 Å². The molecule has 0 bridgehead atoms. The molecule has 1 N–H and O–H groups in total. The number of benzene rings is 3. The molecular formula is C27H23FN4O2S. The highest BCUT2D eigenvalue weighted by Gasteiger charge is 2.42. The molecule has 3 aromatic carbocycles. The van der Waals surface area contributed by atoms with Gasteiger partial charge in [0.1, 0.15) is 17.7 Å². The van der Waals surface area contributed by atoms with Crippen molar-refractivity contribution in [2.45, 2.75) is 31.1 Å². The van der Waals surface area contributed by atoms with Crippen LogP contribution in [-0.2, 0) is 16.0 Å². The maximum absolute atomic E-state index is 13.5. The summed E-state index contributed by atoms with van der Waals surface area (Å²) in [5.41, 5.74) is 3.05. The molecule has 2 heterocycles. The Morgan fingerprint density at radius 2 is 1.77 bits per heavy atom. The fourth-order valence-corrected chi connectivity index (χ4v) is 5.08. The number of carbonyl (C=O) groups excluding carboxylic acids is 2. The highest BCUT2D eigenvalue weighted by molar-refractivity contribution is 8.15. The lowest BCUT2D eigenvalue weighted by atomic mass is 10.1. The first-order valence-electron chi connectivity index (χ1n) is 11.4. The average Bonchev–Trinajstić information content (AvgIpc) is 3.20. The quantitative estimate of drug-likeness (QED) is 0.522. The lowest BCUT2D eigenvalue weighted by Gasteiger charge is -2.27. The maximum Gasteiger partial charge on any atom is 0.259 e. The van der Waals surface area contributed by atoms with Crippen molar-refractivity contribution in [3.8, 4) is 0 Å². The van der Waals surface area contributed by atoms with Gasteiger partial charge >= 0.3 is 0 Å². The van der Waals surface area contributed by atoms with Crippen LogP contribution in [0.2, 0.25) is 0 Å². The Balaban J connectivity index is 1.42. The van der Waals surface area contributed by atoms with Crippen molar-refractivity contribution in [3.63, 3.8) is 0 Å². The van der Waals surface area contributed by atoms with Gasteiger partial charge in [-0.25, -0.2) is 14.3 Å². The van der Waals surface area contributed by atoms with Gasteiger partial charge in [-0.1, -0.05) is 61.2 Å². The zero-order valence-corrected chi connectivity index (χ0v) is 19.8. The van der Waals surface area contributed by atoms with Gasteiger partial charge in [-0.05, 0) is 48.4 Å². The molecule has 6 nitrogen and oxygen atoms in total. The first-order valence-corrected chi connectivity index (χ1v) is 12.3. The molecule has 8 heteroatoms. The number of rotatable bonds is 6. The number of fused-ring (bicyclic) bond motifs is 3. The Kier molecular flexibility index (Phi) is 6.46. The molecule has 3 aromatic rings. The lowest BCUT2D eigenvalue weighted by Crippen LogP contribution is -2.42. The summed E-state index contributed by atoms with van der Waals surface area (Å²) in [4.78, 5) is 37.6. The topological polar surface area (TPSA) is 74.1 Å². The number of nitrogens with one attached hydrogen (secondary N) is 1. The molecule has 35 heavy (non-hydrogen) atoms. The Hall–Kier alpha value is -3.78. The van der Waals surface area contributed by atoms with Crippen molar-refractivity contribution in [1.29, 1.82) is 0 Å². The predicted molar refractivity (Wildman–Crippen MR) is 138 cm³/mol. The summed E-state index contributed by atoms with van der Waals surface area (Å²) < 4.78 is 13.2. The minimum Gasteiger partial charge on any atom is -0.325 e. The molecule has 0 spiro atoms. The second-order valence-corrected chi connectivity index (χ2v) is 9.42. The molecule has 0 saturated heterocycles. The molecular weight excluding hydrogens is 463 g/mol. The van der Waals surface area contributed by atoms with Gasteiger partial charge in [0, 0.05) is 17.7 Å². The van der Waals surface area contributed by atoms with E-state index in [0.717, 1.165) is 11.1 Å². The summed E-state index contributed by atoms with van der Waals surface area (Å²) in [6.45, 7) is 1.90. The van der Waals surface area contributed by atoms with Crippen LogP contribution in [0.3, 0.4) is 0 Å². The average molecular weight is 487 g/mol. The smallest absolute Gasteiger partial charge is 0.259 e. The fourth-order valence-electron chi connectivity index (χ4n) is 4.06. The second kappa shape index (κ2) is 9.84. The van der Waals surface area contributed by atoms with Crippen molar-refractivity contribution < 1.29 is 14.0 Å². The highest BCUT2D eigenvalue weighted by Crippen LogP contribution is 2.36. The first kappa shape index (κ1) is 23.0. The molecule has 2 aliphatic heterocycles. The number of hydrogen-bond acceptors (Lipinski definition) is 5. The van der Waals surface area contributed by atoms with Crippen molar-refractivity contribution in [3.05, 3.63) is 95.8 Å². The fraction of sp³-hybridized carbons (Fsp3) is 0.185. The molecule has 0 radical (unpaired) electrons. The number of para-hydroxylation sites is 1. The summed E-state index contributed by atoms with van der Waals surface area (Å²) in [6, 6.07) is 22.4. The number of halogens is 1. The summed E-state index contributed by atoms with van der Waals surface area (Å²) in [5.74, 6) is -0.197. The number of anilines is 1. The minimum absolute atomic E-state index is 0.154. The third kappa shape index (κ3) is 4.74. The molecule has 2 aliphatic rings. The van der Waals surface area contributed by atoms with Gasteiger partial charge in [-0.3, -0.25) is 14.6 Å². The molecule has 2 amide bonds. The van der Waals surface area contributed by atoms with E-state index in [4.69, 9.17) is 9.98 Å². The monoisotopic (exact) mass is 486 g/mol. The van der Waals surface area contributed by atoms with Crippen LogP contribution in [0.4, 0.5) is 15.8 Å². The van der Waals surface area contributed by atoms with Crippen LogP contribution < -0.4 is 5.32 Å². The Morgan fingerprint density at radius 3 is 2.51 bits per heavy atom. The van der Waals surface area contributed by atoms with Crippen LogP contribution in [0.5, 0.6) is 0 Å². The summed E-state index contributed by atoms with van der Waals surface area (Å²) in [5, 5.41) is 2.75. The van der Waals surface area contributed by atoms with E-state index >= 15 is 0 Å². The van der Waals surface area contributed by atoms with Gasteiger partial charge in [0.15, 0.2) is 5.17 Å². The number of hydrogen-bond donors (Lipinski definition) is 1. The van der Waals surface area contributed by atoms with Gasteiger partial charge < -0.3 is 5.32 Å². The predicted octanol–water partition coefficient (Wildman–Crippen LogP) is 5.18. The Bertz CT molecular complexity index is 1320. The maximum atomic E-state index is 13.5. The van der Waals surface area contributed by atoms with E-state index < -0.39 is 11.3 Å². The number of amides is 2. The molecule has 0 saturated carbocycles. The highest BCUT2D eigenvalue weighted by atomic mass is 32.2. The molecule has 0 fully saturated rings. The number of carbonyl (C=O) groups is 2. The molecule has 0 aliphatic carbocycles. The largest absolute Gasteiger partial charge is 0.325 e. The Labute approximate surface area is 207 Å². The lowest BCUT2D eigenvalue weighted by molar-refractivity contribution is -0.124. The molecule has 176 valence electrons. The van der Waals surface area contributed by atoms with Crippen molar-refractivity contribution >= 4 is 46.0 Å². The second-order valence-electron chi connectivity index (χ2n) is 8.25. The zero-order chi connectivity index (χ0) is 24.4. The van der Waals surface area contributed by atoms with Gasteiger partial charge in [0.2, 0.25) is 5.91 Å².